The number of carbonyl (C=O) groups is 1. The monoisotopic (exact) mass is 233 g/mol. The Labute approximate surface area is 100 Å². The van der Waals surface area contributed by atoms with Crippen LogP contribution in [0.2, 0.25) is 0 Å². The molecule has 0 fully saturated rings. The molecule has 0 amide bonds. The Morgan fingerprint density at radius 2 is 2.12 bits per heavy atom. The van der Waals surface area contributed by atoms with Crippen molar-refractivity contribution in [2.45, 2.75) is 11.8 Å². The third-order valence-electron chi connectivity index (χ3n) is 2.47. The number of aryl methyl sites for hydroxylation is 1. The van der Waals surface area contributed by atoms with E-state index >= 15 is 0 Å². The topological polar surface area (TPSA) is 20.3 Å². The van der Waals surface area contributed by atoms with Crippen molar-refractivity contribution in [1.29, 1.82) is 0 Å². The van der Waals surface area contributed by atoms with Crippen molar-refractivity contribution in [3.8, 4) is 0 Å². The van der Waals surface area contributed by atoms with Gasteiger partial charge in [-0.15, -0.1) is 11.8 Å². The molecule has 1 aromatic carbocycles. The highest BCUT2D eigenvalue weighted by atomic mass is 32.2. The van der Waals surface area contributed by atoms with Gasteiger partial charge in [0.25, 0.3) is 0 Å². The third-order valence-corrected chi connectivity index (χ3v) is 3.59. The highest BCUT2D eigenvalue weighted by molar-refractivity contribution is 7.99. The smallest absolute Gasteiger partial charge is 0.192 e. The van der Waals surface area contributed by atoms with Crippen molar-refractivity contribution >= 4 is 17.5 Å². The molecular formula is C13H15NOS. The molecule has 0 radical (unpaired) electrons. The number of fused-ring (bicyclic) bond motifs is 1. The molecule has 0 aliphatic carbocycles. The lowest BCUT2D eigenvalue weighted by molar-refractivity contribution is 0.102. The van der Waals surface area contributed by atoms with Crippen LogP contribution in [0.4, 0.5) is 0 Å². The predicted molar refractivity (Wildman–Crippen MR) is 68.0 cm³/mol. The van der Waals surface area contributed by atoms with Gasteiger partial charge in [-0.3, -0.25) is 4.79 Å². The summed E-state index contributed by atoms with van der Waals surface area (Å²) in [5.74, 6) is 0.943. The molecule has 0 saturated heterocycles. The van der Waals surface area contributed by atoms with E-state index in [-0.39, 0.29) is 5.78 Å². The Morgan fingerprint density at radius 3 is 2.81 bits per heavy atom. The van der Waals surface area contributed by atoms with Gasteiger partial charge >= 0.3 is 0 Å². The summed E-state index contributed by atoms with van der Waals surface area (Å²) >= 11 is 1.74. The summed E-state index contributed by atoms with van der Waals surface area (Å²) in [5, 5.41) is 0. The number of Topliss-reactive ketones (excluding diaryl/α,β-unsaturated/α-hetero) is 1. The van der Waals surface area contributed by atoms with Crippen LogP contribution < -0.4 is 0 Å². The van der Waals surface area contributed by atoms with Crippen LogP contribution >= 0.6 is 11.8 Å². The summed E-state index contributed by atoms with van der Waals surface area (Å²) in [6, 6.07) is 6.08. The van der Waals surface area contributed by atoms with Crippen LogP contribution in [-0.2, 0) is 0 Å². The first kappa shape index (κ1) is 11.3. The number of benzene rings is 1. The van der Waals surface area contributed by atoms with Gasteiger partial charge in [0, 0.05) is 42.1 Å². The van der Waals surface area contributed by atoms with Crippen molar-refractivity contribution in [3.63, 3.8) is 0 Å². The SMILES string of the molecule is Cc1ccc2c(c1)C(=O)/C(=C\N(C)C)CS2. The minimum absolute atomic E-state index is 0.172. The molecular weight excluding hydrogens is 218 g/mol. The van der Waals surface area contributed by atoms with E-state index in [1.165, 1.54) is 0 Å². The first-order valence-corrected chi connectivity index (χ1v) is 6.22. The minimum Gasteiger partial charge on any atom is -0.383 e. The van der Waals surface area contributed by atoms with Crippen LogP contribution in [0.15, 0.2) is 34.9 Å². The standard InChI is InChI=1S/C13H15NOS/c1-9-4-5-12-11(6-9)13(15)10(8-16-12)7-14(2)3/h4-7H,8H2,1-3H3/b10-7-. The van der Waals surface area contributed by atoms with Gasteiger partial charge < -0.3 is 4.90 Å². The molecule has 0 aromatic heterocycles. The number of hydrogen-bond acceptors (Lipinski definition) is 3. The summed E-state index contributed by atoms with van der Waals surface area (Å²) in [5.41, 5.74) is 2.87. The minimum atomic E-state index is 0.172. The maximum Gasteiger partial charge on any atom is 0.192 e. The van der Waals surface area contributed by atoms with Crippen LogP contribution in [0, 0.1) is 6.92 Å². The number of carbonyl (C=O) groups excluding carboxylic acids is 1. The third kappa shape index (κ3) is 2.14. The zero-order valence-electron chi connectivity index (χ0n) is 9.78. The summed E-state index contributed by atoms with van der Waals surface area (Å²) in [6.07, 6.45) is 1.92. The molecule has 1 heterocycles. The predicted octanol–water partition coefficient (Wildman–Crippen LogP) is 2.73. The van der Waals surface area contributed by atoms with Crippen molar-refractivity contribution in [2.24, 2.45) is 0 Å². The van der Waals surface area contributed by atoms with Crippen LogP contribution in [0.3, 0.4) is 0 Å². The lowest BCUT2D eigenvalue weighted by atomic mass is 10.0. The molecule has 2 rings (SSSR count). The van der Waals surface area contributed by atoms with Crippen molar-refractivity contribution < 1.29 is 4.79 Å². The van der Waals surface area contributed by atoms with E-state index in [2.05, 4.69) is 6.07 Å². The van der Waals surface area contributed by atoms with E-state index in [1.807, 2.05) is 44.3 Å². The Bertz CT molecular complexity index is 463. The number of nitrogens with zero attached hydrogens (tertiary/aromatic N) is 1. The highest BCUT2D eigenvalue weighted by Gasteiger charge is 2.22. The van der Waals surface area contributed by atoms with Gasteiger partial charge in [-0.05, 0) is 19.1 Å². The maximum atomic E-state index is 12.2. The molecule has 84 valence electrons. The summed E-state index contributed by atoms with van der Waals surface area (Å²) < 4.78 is 0. The van der Waals surface area contributed by atoms with Gasteiger partial charge in [0.15, 0.2) is 5.78 Å². The van der Waals surface area contributed by atoms with E-state index in [4.69, 9.17) is 0 Å². The van der Waals surface area contributed by atoms with Gasteiger partial charge in [-0.25, -0.2) is 0 Å². The fourth-order valence-electron chi connectivity index (χ4n) is 1.75. The second-order valence-corrected chi connectivity index (χ2v) is 5.25. The van der Waals surface area contributed by atoms with Crippen molar-refractivity contribution in [3.05, 3.63) is 41.1 Å². The lowest BCUT2D eigenvalue weighted by Crippen LogP contribution is -2.16. The van der Waals surface area contributed by atoms with E-state index < -0.39 is 0 Å². The molecule has 0 bridgehead atoms. The number of rotatable bonds is 1. The molecule has 0 atom stereocenters. The van der Waals surface area contributed by atoms with Crippen LogP contribution in [0.25, 0.3) is 0 Å². The first-order chi connectivity index (χ1) is 7.58. The first-order valence-electron chi connectivity index (χ1n) is 5.23. The molecule has 0 saturated carbocycles. The van der Waals surface area contributed by atoms with Crippen LogP contribution in [0.1, 0.15) is 15.9 Å². The Hall–Kier alpha value is -1.22. The zero-order chi connectivity index (χ0) is 11.7. The maximum absolute atomic E-state index is 12.2. The Balaban J connectivity index is 2.42. The fourth-order valence-corrected chi connectivity index (χ4v) is 2.74. The highest BCUT2D eigenvalue weighted by Crippen LogP contribution is 2.33. The number of thioether (sulfide) groups is 1. The van der Waals surface area contributed by atoms with Gasteiger partial charge in [-0.1, -0.05) is 11.6 Å². The Morgan fingerprint density at radius 1 is 1.38 bits per heavy atom. The molecule has 0 spiro atoms. The number of hydrogen-bond donors (Lipinski definition) is 0. The average molecular weight is 233 g/mol. The summed E-state index contributed by atoms with van der Waals surface area (Å²) in [4.78, 5) is 15.2. The molecule has 16 heavy (non-hydrogen) atoms. The molecule has 3 heteroatoms. The van der Waals surface area contributed by atoms with Gasteiger partial charge in [0.2, 0.25) is 0 Å². The molecule has 2 nitrogen and oxygen atoms in total. The quantitative estimate of drug-likeness (QED) is 0.696. The van der Waals surface area contributed by atoms with Crippen molar-refractivity contribution in [2.75, 3.05) is 19.8 Å². The fraction of sp³-hybridized carbons (Fsp3) is 0.308. The van der Waals surface area contributed by atoms with E-state index in [0.29, 0.717) is 0 Å². The van der Waals surface area contributed by atoms with Gasteiger partial charge in [0.1, 0.15) is 0 Å². The molecule has 1 aliphatic heterocycles. The van der Waals surface area contributed by atoms with Crippen molar-refractivity contribution in [1.82, 2.24) is 4.90 Å². The lowest BCUT2D eigenvalue weighted by Gasteiger charge is -2.18. The van der Waals surface area contributed by atoms with E-state index in [0.717, 1.165) is 27.3 Å². The van der Waals surface area contributed by atoms with E-state index in [9.17, 15) is 4.79 Å². The second kappa shape index (κ2) is 4.34. The van der Waals surface area contributed by atoms with Crippen LogP contribution in [-0.4, -0.2) is 30.5 Å². The van der Waals surface area contributed by atoms with Crippen LogP contribution in [0.5, 0.6) is 0 Å². The summed E-state index contributed by atoms with van der Waals surface area (Å²) in [6.45, 7) is 2.02. The zero-order valence-corrected chi connectivity index (χ0v) is 10.6. The molecule has 0 N–H and O–H groups in total. The molecule has 1 aliphatic rings. The Kier molecular flexibility index (Phi) is 3.06. The van der Waals surface area contributed by atoms with Gasteiger partial charge in [0.05, 0.1) is 0 Å². The largest absolute Gasteiger partial charge is 0.383 e. The summed E-state index contributed by atoms with van der Waals surface area (Å²) in [7, 11) is 3.88. The van der Waals surface area contributed by atoms with E-state index in [1.54, 1.807) is 11.8 Å². The molecule has 1 aromatic rings. The number of ketones is 1. The normalized spacial score (nSPS) is 17.4. The second-order valence-electron chi connectivity index (χ2n) is 4.24. The molecule has 0 unspecified atom stereocenters. The van der Waals surface area contributed by atoms with Gasteiger partial charge in [-0.2, -0.15) is 0 Å². The average Bonchev–Trinajstić information content (AvgIpc) is 2.22.